The van der Waals surface area contributed by atoms with Gasteiger partial charge in [0.15, 0.2) is 5.65 Å². The Balaban J connectivity index is 1.48. The average Bonchev–Trinajstić information content (AvgIpc) is 3.68. The first kappa shape index (κ1) is 27.3. The highest BCUT2D eigenvalue weighted by atomic mass is 35.5. The Morgan fingerprint density at radius 1 is 0.977 bits per heavy atom. The van der Waals surface area contributed by atoms with Crippen LogP contribution in [-0.2, 0) is 11.3 Å². The maximum Gasteiger partial charge on any atom is 0.439 e. The van der Waals surface area contributed by atoms with E-state index in [1.807, 2.05) is 55.5 Å². The first-order valence-electron chi connectivity index (χ1n) is 14.5. The lowest BCUT2D eigenvalue weighted by atomic mass is 9.83. The fourth-order valence-corrected chi connectivity index (χ4v) is 6.49. The van der Waals surface area contributed by atoms with Crippen molar-refractivity contribution in [2.75, 3.05) is 4.90 Å². The molecule has 2 aromatic carbocycles. The second-order valence-corrected chi connectivity index (χ2v) is 11.9. The van der Waals surface area contributed by atoms with Crippen LogP contribution in [0.25, 0.3) is 34.1 Å². The molecular formula is C31H30ClN7O4. The van der Waals surface area contributed by atoms with Crippen molar-refractivity contribution in [1.29, 1.82) is 0 Å². The number of aromatic amines is 1. The van der Waals surface area contributed by atoms with Crippen LogP contribution >= 0.6 is 11.6 Å². The Hall–Kier alpha value is -4.51. The molecule has 2 aliphatic rings. The number of rotatable bonds is 6. The number of nitrogens with one attached hydrogen (secondary N) is 1. The van der Waals surface area contributed by atoms with Gasteiger partial charge in [0.05, 0.1) is 0 Å². The third-order valence-corrected chi connectivity index (χ3v) is 8.71. The SMILES string of the molecule is CC1CCC(Cn2c(N3C(=O)O[C@@H](C)[C@H]3c3ccccc3)nc3nc(-c4noc(=O)[nH]4)nc(-c4cccc(Cl)c4)c32)CC1. The predicted molar refractivity (Wildman–Crippen MR) is 161 cm³/mol. The number of amides is 1. The second-order valence-electron chi connectivity index (χ2n) is 11.5. The zero-order chi connectivity index (χ0) is 29.7. The molecule has 5 aromatic rings. The van der Waals surface area contributed by atoms with Crippen molar-refractivity contribution in [3.63, 3.8) is 0 Å². The van der Waals surface area contributed by atoms with Crippen molar-refractivity contribution in [1.82, 2.24) is 29.7 Å². The summed E-state index contributed by atoms with van der Waals surface area (Å²) in [5.41, 5.74) is 3.22. The number of halogens is 1. The largest absolute Gasteiger partial charge is 0.443 e. The van der Waals surface area contributed by atoms with E-state index in [1.165, 1.54) is 0 Å². The third-order valence-electron chi connectivity index (χ3n) is 8.47. The number of ether oxygens (including phenoxy) is 1. The van der Waals surface area contributed by atoms with E-state index in [-0.39, 0.29) is 11.6 Å². The molecule has 12 heteroatoms. The molecule has 1 saturated carbocycles. The Bertz CT molecular complexity index is 1860. The van der Waals surface area contributed by atoms with Gasteiger partial charge in [0, 0.05) is 17.1 Å². The molecule has 0 bridgehead atoms. The van der Waals surface area contributed by atoms with Crippen molar-refractivity contribution >= 4 is 34.8 Å². The quantitative estimate of drug-likeness (QED) is 0.237. The molecule has 4 heterocycles. The molecule has 2 atom stereocenters. The van der Waals surface area contributed by atoms with Crippen LogP contribution in [0.15, 0.2) is 63.9 Å². The fourth-order valence-electron chi connectivity index (χ4n) is 6.30. The van der Waals surface area contributed by atoms with Crippen molar-refractivity contribution < 1.29 is 14.1 Å². The summed E-state index contributed by atoms with van der Waals surface area (Å²) in [5, 5.41) is 4.35. The van der Waals surface area contributed by atoms with Gasteiger partial charge in [-0.15, -0.1) is 0 Å². The van der Waals surface area contributed by atoms with Gasteiger partial charge in [0.2, 0.25) is 17.6 Å². The zero-order valence-electron chi connectivity index (χ0n) is 23.7. The van der Waals surface area contributed by atoms with Crippen LogP contribution in [0.4, 0.5) is 10.7 Å². The maximum atomic E-state index is 13.6. The van der Waals surface area contributed by atoms with E-state index in [2.05, 4.69) is 21.6 Å². The molecule has 0 spiro atoms. The van der Waals surface area contributed by atoms with Crippen molar-refractivity contribution in [3.05, 3.63) is 75.7 Å². The van der Waals surface area contributed by atoms with E-state index in [0.717, 1.165) is 36.8 Å². The van der Waals surface area contributed by atoms with Gasteiger partial charge in [-0.25, -0.2) is 24.5 Å². The lowest BCUT2D eigenvalue weighted by Crippen LogP contribution is -2.32. The number of fused-ring (bicyclic) bond motifs is 1. The van der Waals surface area contributed by atoms with Gasteiger partial charge < -0.3 is 9.30 Å². The molecule has 1 saturated heterocycles. The van der Waals surface area contributed by atoms with E-state index in [1.54, 1.807) is 11.0 Å². The highest BCUT2D eigenvalue weighted by Gasteiger charge is 2.44. The highest BCUT2D eigenvalue weighted by molar-refractivity contribution is 6.30. The molecule has 0 radical (unpaired) electrons. The summed E-state index contributed by atoms with van der Waals surface area (Å²) in [6.07, 6.45) is 3.53. The first-order valence-corrected chi connectivity index (χ1v) is 14.9. The van der Waals surface area contributed by atoms with Gasteiger partial charge in [-0.1, -0.05) is 79.0 Å². The Labute approximate surface area is 251 Å². The topological polar surface area (TPSA) is 132 Å². The van der Waals surface area contributed by atoms with Gasteiger partial charge in [-0.05, 0) is 49.3 Å². The normalized spacial score (nSPS) is 22.3. The van der Waals surface area contributed by atoms with E-state index in [0.29, 0.717) is 46.2 Å². The molecule has 1 amide bonds. The van der Waals surface area contributed by atoms with Crippen LogP contribution in [0.3, 0.4) is 0 Å². The summed E-state index contributed by atoms with van der Waals surface area (Å²) in [4.78, 5) is 44.1. The smallest absolute Gasteiger partial charge is 0.439 e. The van der Waals surface area contributed by atoms with Crippen molar-refractivity contribution in [3.8, 4) is 22.9 Å². The average molecular weight is 600 g/mol. The minimum atomic E-state index is -0.722. The van der Waals surface area contributed by atoms with Crippen LogP contribution in [0.1, 0.15) is 51.1 Å². The van der Waals surface area contributed by atoms with Gasteiger partial charge in [0.25, 0.3) is 0 Å². The predicted octanol–water partition coefficient (Wildman–Crippen LogP) is 6.40. The van der Waals surface area contributed by atoms with Crippen LogP contribution in [0.2, 0.25) is 5.02 Å². The van der Waals surface area contributed by atoms with Crippen LogP contribution in [0.5, 0.6) is 0 Å². The standard InChI is InChI=1S/C31H30ClN7O4/c1-17-11-13-19(14-12-17)16-38-25-23(21-9-6-10-22(32)15-21)33-27(28-36-30(40)43-37-28)34-26(25)35-29(38)39-24(18(2)42-31(39)41)20-7-4-3-5-8-20/h3-10,15,17-19,24H,11-14,16H2,1-2H3,(H,36,37,40)/t17?,18-,19?,24-/m0/s1. The van der Waals surface area contributed by atoms with Crippen LogP contribution < -0.4 is 10.7 Å². The van der Waals surface area contributed by atoms with Crippen LogP contribution in [0, 0.1) is 11.8 Å². The van der Waals surface area contributed by atoms with E-state index < -0.39 is 24.0 Å². The number of cyclic esters (lactones) is 1. The number of nitrogens with zero attached hydrogens (tertiary/aromatic N) is 6. The monoisotopic (exact) mass is 599 g/mol. The molecule has 220 valence electrons. The highest BCUT2D eigenvalue weighted by Crippen LogP contribution is 2.41. The summed E-state index contributed by atoms with van der Waals surface area (Å²) in [6.45, 7) is 4.80. The number of hydrogen-bond acceptors (Lipinski definition) is 8. The molecule has 43 heavy (non-hydrogen) atoms. The minimum absolute atomic E-state index is 0.0731. The van der Waals surface area contributed by atoms with Gasteiger partial charge in [-0.2, -0.15) is 4.98 Å². The van der Waals surface area contributed by atoms with Gasteiger partial charge >= 0.3 is 11.8 Å². The summed E-state index contributed by atoms with van der Waals surface area (Å²) >= 11 is 6.44. The lowest BCUT2D eigenvalue weighted by Gasteiger charge is -2.29. The fraction of sp³-hybridized carbons (Fsp3) is 0.355. The van der Waals surface area contributed by atoms with Gasteiger partial charge in [-0.3, -0.25) is 9.51 Å². The summed E-state index contributed by atoms with van der Waals surface area (Å²) in [6, 6.07) is 16.8. The number of hydrogen-bond donors (Lipinski definition) is 1. The summed E-state index contributed by atoms with van der Waals surface area (Å²) in [7, 11) is 0. The molecule has 7 rings (SSSR count). The number of imidazole rings is 1. The molecule has 1 aliphatic carbocycles. The number of carbonyl (C=O) groups is 1. The molecule has 0 unspecified atom stereocenters. The molecular weight excluding hydrogens is 570 g/mol. The number of benzene rings is 2. The van der Waals surface area contributed by atoms with Crippen molar-refractivity contribution in [2.24, 2.45) is 11.8 Å². The van der Waals surface area contributed by atoms with E-state index in [9.17, 15) is 9.59 Å². The molecule has 1 aliphatic heterocycles. The molecule has 2 fully saturated rings. The zero-order valence-corrected chi connectivity index (χ0v) is 24.5. The molecule has 11 nitrogen and oxygen atoms in total. The molecule has 1 N–H and O–H groups in total. The maximum absolute atomic E-state index is 13.6. The lowest BCUT2D eigenvalue weighted by molar-refractivity contribution is 0.141. The van der Waals surface area contributed by atoms with Crippen LogP contribution in [-0.4, -0.2) is 41.9 Å². The second kappa shape index (κ2) is 11.0. The Morgan fingerprint density at radius 3 is 2.49 bits per heavy atom. The third kappa shape index (κ3) is 5.07. The molecule has 3 aromatic heterocycles. The number of H-pyrrole nitrogens is 1. The summed E-state index contributed by atoms with van der Waals surface area (Å²) in [5.74, 6) is 0.972. The number of carbonyl (C=O) groups excluding carboxylic acids is 1. The Kier molecular flexibility index (Phi) is 6.97. The van der Waals surface area contributed by atoms with Gasteiger partial charge in [0.1, 0.15) is 23.4 Å². The number of aromatic nitrogens is 6. The first-order chi connectivity index (χ1) is 20.9. The summed E-state index contributed by atoms with van der Waals surface area (Å²) < 4.78 is 12.6. The number of anilines is 1. The Morgan fingerprint density at radius 2 is 1.77 bits per heavy atom. The minimum Gasteiger partial charge on any atom is -0.443 e. The van der Waals surface area contributed by atoms with Crippen molar-refractivity contribution in [2.45, 2.75) is 58.2 Å². The van der Waals surface area contributed by atoms with E-state index >= 15 is 0 Å². The van der Waals surface area contributed by atoms with E-state index in [4.69, 9.17) is 35.8 Å².